The number of nitrogens with one attached hydrogen (secondary N) is 2. The summed E-state index contributed by atoms with van der Waals surface area (Å²) in [6, 6.07) is 9.34. The number of H-pyrrole nitrogens is 1. The van der Waals surface area contributed by atoms with Crippen LogP contribution in [0.15, 0.2) is 18.2 Å². The fourth-order valence-corrected chi connectivity index (χ4v) is 1.84. The normalized spacial score (nSPS) is 15.3. The molecule has 0 amide bonds. The highest BCUT2D eigenvalue weighted by Gasteiger charge is 2.15. The quantitative estimate of drug-likeness (QED) is 0.597. The van der Waals surface area contributed by atoms with Gasteiger partial charge >= 0.3 is 0 Å². The molecule has 12 heavy (non-hydrogen) atoms. The first-order valence-electron chi connectivity index (χ1n) is 4.16. The van der Waals surface area contributed by atoms with E-state index in [2.05, 4.69) is 22.4 Å². The lowest BCUT2D eigenvalue weighted by Gasteiger charge is -1.91. The van der Waals surface area contributed by atoms with Gasteiger partial charge in [-0.3, -0.25) is 0 Å². The van der Waals surface area contributed by atoms with Gasteiger partial charge in [-0.05, 0) is 17.7 Å². The minimum Gasteiger partial charge on any atom is -0.357 e. The largest absolute Gasteiger partial charge is 0.357 e. The molecule has 1 aromatic heterocycles. The predicted octanol–water partition coefficient (Wildman–Crippen LogP) is 1.57. The smallest absolute Gasteiger partial charge is 0.0466 e. The molecule has 2 heteroatoms. The average Bonchev–Trinajstić information content (AvgIpc) is 2.62. The van der Waals surface area contributed by atoms with Crippen molar-refractivity contribution in [3.63, 3.8) is 0 Å². The van der Waals surface area contributed by atoms with Gasteiger partial charge in [0, 0.05) is 29.7 Å². The Bertz CT molecular complexity index is 428. The first-order chi connectivity index (χ1) is 5.95. The zero-order valence-electron chi connectivity index (χ0n) is 6.65. The second kappa shape index (κ2) is 2.11. The van der Waals surface area contributed by atoms with Gasteiger partial charge in [0.15, 0.2) is 0 Å². The Morgan fingerprint density at radius 1 is 1.33 bits per heavy atom. The Labute approximate surface area is 70.6 Å². The minimum absolute atomic E-state index is 0.970. The lowest BCUT2D eigenvalue weighted by atomic mass is 10.1. The van der Waals surface area contributed by atoms with Gasteiger partial charge < -0.3 is 10.3 Å². The van der Waals surface area contributed by atoms with Crippen LogP contribution in [0.5, 0.6) is 0 Å². The van der Waals surface area contributed by atoms with Gasteiger partial charge in [-0.25, -0.2) is 0 Å². The van der Waals surface area contributed by atoms with Gasteiger partial charge in [-0.15, -0.1) is 0 Å². The van der Waals surface area contributed by atoms with Crippen LogP contribution in [0.2, 0.25) is 0 Å². The van der Waals surface area contributed by atoms with Gasteiger partial charge in [0.05, 0.1) is 0 Å². The van der Waals surface area contributed by atoms with Crippen LogP contribution >= 0.6 is 0 Å². The number of rotatable bonds is 0. The van der Waals surface area contributed by atoms with Gasteiger partial charge in [-0.1, -0.05) is 12.1 Å². The third-order valence-corrected chi connectivity index (χ3v) is 2.41. The number of aromatic nitrogens is 1. The SMILES string of the molecule is [c]1cccc2[nH]c3c(c12)CNC3. The maximum absolute atomic E-state index is 3.38. The van der Waals surface area contributed by atoms with Gasteiger partial charge in [0.1, 0.15) is 0 Å². The van der Waals surface area contributed by atoms with Crippen molar-refractivity contribution >= 4 is 10.9 Å². The first-order valence-corrected chi connectivity index (χ1v) is 4.16. The van der Waals surface area contributed by atoms with Crippen molar-refractivity contribution in [1.82, 2.24) is 10.3 Å². The van der Waals surface area contributed by atoms with Crippen molar-refractivity contribution in [2.75, 3.05) is 0 Å². The van der Waals surface area contributed by atoms with Crippen LogP contribution < -0.4 is 5.32 Å². The van der Waals surface area contributed by atoms with E-state index in [0.717, 1.165) is 13.1 Å². The molecule has 2 heterocycles. The molecule has 0 fully saturated rings. The predicted molar refractivity (Wildman–Crippen MR) is 47.7 cm³/mol. The first kappa shape index (κ1) is 6.26. The van der Waals surface area contributed by atoms with E-state index >= 15 is 0 Å². The highest BCUT2D eigenvalue weighted by Crippen LogP contribution is 2.24. The highest BCUT2D eigenvalue weighted by molar-refractivity contribution is 5.84. The number of aromatic amines is 1. The maximum atomic E-state index is 3.38. The van der Waals surface area contributed by atoms with Crippen molar-refractivity contribution in [3.8, 4) is 0 Å². The zero-order valence-corrected chi connectivity index (χ0v) is 6.65. The van der Waals surface area contributed by atoms with Gasteiger partial charge in [0.2, 0.25) is 0 Å². The molecule has 1 aliphatic heterocycles. The highest BCUT2D eigenvalue weighted by atomic mass is 14.9. The Balaban J connectivity index is 2.44. The Hall–Kier alpha value is -1.28. The zero-order chi connectivity index (χ0) is 7.97. The number of hydrogen-bond donors (Lipinski definition) is 2. The summed E-state index contributed by atoms with van der Waals surface area (Å²) < 4.78 is 0. The number of fused-ring (bicyclic) bond motifs is 3. The van der Waals surface area contributed by atoms with E-state index in [1.807, 2.05) is 12.1 Å². The maximum Gasteiger partial charge on any atom is 0.0466 e. The molecule has 2 aromatic rings. The molecule has 59 valence electrons. The van der Waals surface area contributed by atoms with E-state index in [4.69, 9.17) is 0 Å². The minimum atomic E-state index is 0.970. The lowest BCUT2D eigenvalue weighted by Crippen LogP contribution is -2.01. The molecule has 0 saturated heterocycles. The summed E-state index contributed by atoms with van der Waals surface area (Å²) in [6.45, 7) is 1.95. The van der Waals surface area contributed by atoms with Crippen molar-refractivity contribution in [2.45, 2.75) is 13.1 Å². The molecular formula is C10H9N2. The van der Waals surface area contributed by atoms with Gasteiger partial charge in [0.25, 0.3) is 0 Å². The van der Waals surface area contributed by atoms with Crippen molar-refractivity contribution in [2.24, 2.45) is 0 Å². The molecule has 0 spiro atoms. The summed E-state index contributed by atoms with van der Waals surface area (Å²) in [5, 5.41) is 4.56. The van der Waals surface area contributed by atoms with Crippen LogP contribution in [0.1, 0.15) is 11.3 Å². The van der Waals surface area contributed by atoms with Crippen LogP contribution in [0.25, 0.3) is 10.9 Å². The molecule has 1 radical (unpaired) electrons. The van der Waals surface area contributed by atoms with E-state index in [1.165, 1.54) is 22.2 Å². The molecule has 3 rings (SSSR count). The van der Waals surface area contributed by atoms with E-state index in [1.54, 1.807) is 0 Å². The molecule has 0 unspecified atom stereocenters. The van der Waals surface area contributed by atoms with Crippen LogP contribution in [0, 0.1) is 6.07 Å². The van der Waals surface area contributed by atoms with Crippen LogP contribution in [0.4, 0.5) is 0 Å². The van der Waals surface area contributed by atoms with E-state index in [9.17, 15) is 0 Å². The second-order valence-electron chi connectivity index (χ2n) is 3.14. The molecule has 1 aromatic carbocycles. The van der Waals surface area contributed by atoms with Crippen molar-refractivity contribution in [1.29, 1.82) is 0 Å². The second-order valence-corrected chi connectivity index (χ2v) is 3.14. The summed E-state index contributed by atoms with van der Waals surface area (Å²) in [4.78, 5) is 3.38. The molecule has 2 nitrogen and oxygen atoms in total. The lowest BCUT2D eigenvalue weighted by molar-refractivity contribution is 0.757. The van der Waals surface area contributed by atoms with E-state index < -0.39 is 0 Å². The molecule has 0 aliphatic carbocycles. The number of hydrogen-bond acceptors (Lipinski definition) is 1. The Morgan fingerprint density at radius 3 is 3.33 bits per heavy atom. The standard InChI is InChI=1S/C10H9N2/c1-2-4-9-7(3-1)8-5-11-6-10(8)12-9/h1-2,4,11-12H,5-6H2. The third-order valence-electron chi connectivity index (χ3n) is 2.41. The van der Waals surface area contributed by atoms with Gasteiger partial charge in [-0.2, -0.15) is 0 Å². The molecule has 2 N–H and O–H groups in total. The molecule has 0 atom stereocenters. The third kappa shape index (κ3) is 0.676. The molecule has 0 bridgehead atoms. The van der Waals surface area contributed by atoms with Crippen LogP contribution in [-0.2, 0) is 13.1 Å². The van der Waals surface area contributed by atoms with Crippen molar-refractivity contribution in [3.05, 3.63) is 35.5 Å². The Morgan fingerprint density at radius 2 is 2.33 bits per heavy atom. The summed E-state index contributed by atoms with van der Waals surface area (Å²) in [5.41, 5.74) is 3.93. The molecule has 0 saturated carbocycles. The number of benzene rings is 1. The summed E-state index contributed by atoms with van der Waals surface area (Å²) in [5.74, 6) is 0. The van der Waals surface area contributed by atoms with Crippen LogP contribution in [-0.4, -0.2) is 4.98 Å². The fourth-order valence-electron chi connectivity index (χ4n) is 1.84. The molecular weight excluding hydrogens is 148 g/mol. The average molecular weight is 157 g/mol. The summed E-state index contributed by atoms with van der Waals surface area (Å²) in [7, 11) is 0. The van der Waals surface area contributed by atoms with E-state index in [0.29, 0.717) is 0 Å². The van der Waals surface area contributed by atoms with E-state index in [-0.39, 0.29) is 0 Å². The Kier molecular flexibility index (Phi) is 1.10. The fraction of sp³-hybridized carbons (Fsp3) is 0.200. The molecule has 1 aliphatic rings. The topological polar surface area (TPSA) is 27.8 Å². The summed E-state index contributed by atoms with van der Waals surface area (Å²) in [6.07, 6.45) is 0. The summed E-state index contributed by atoms with van der Waals surface area (Å²) >= 11 is 0. The van der Waals surface area contributed by atoms with Crippen LogP contribution in [0.3, 0.4) is 0 Å². The monoisotopic (exact) mass is 157 g/mol. The van der Waals surface area contributed by atoms with Crippen molar-refractivity contribution < 1.29 is 0 Å².